The number of carbonyl (C=O) groups is 3. The number of nitrogens with one attached hydrogen (secondary N) is 1. The Bertz CT molecular complexity index is 573. The maximum absolute atomic E-state index is 12.8. The predicted molar refractivity (Wildman–Crippen MR) is 73.2 cm³/mol. The Hall–Kier alpha value is -2.11. The number of rotatable bonds is 3. The summed E-state index contributed by atoms with van der Waals surface area (Å²) in [4.78, 5) is 38.1. The average Bonchev–Trinajstić information content (AvgIpc) is 3.08. The number of barbiturate groups is 1. The number of furan rings is 1. The van der Waals surface area contributed by atoms with Gasteiger partial charge in [0.15, 0.2) is 0 Å². The van der Waals surface area contributed by atoms with Crippen LogP contribution in [0.4, 0.5) is 4.79 Å². The van der Waals surface area contributed by atoms with Gasteiger partial charge < -0.3 is 4.42 Å². The fraction of sp³-hybridized carbons (Fsp3) is 0.533. The molecule has 1 aliphatic heterocycles. The normalized spacial score (nSPS) is 22.7. The number of imide groups is 2. The third-order valence-electron chi connectivity index (χ3n) is 4.48. The summed E-state index contributed by atoms with van der Waals surface area (Å²) in [7, 11) is 0. The Kier molecular flexibility index (Phi) is 3.31. The second-order valence-corrected chi connectivity index (χ2v) is 5.86. The zero-order valence-electron chi connectivity index (χ0n) is 11.9. The molecule has 112 valence electrons. The molecule has 1 atom stereocenters. The molecule has 1 aromatic rings. The Morgan fingerprint density at radius 2 is 2.05 bits per heavy atom. The van der Waals surface area contributed by atoms with Crippen LogP contribution in [0.2, 0.25) is 0 Å². The zero-order chi connectivity index (χ0) is 15.0. The second-order valence-electron chi connectivity index (χ2n) is 5.86. The molecule has 1 aliphatic carbocycles. The van der Waals surface area contributed by atoms with Gasteiger partial charge in [0.2, 0.25) is 11.8 Å². The number of hydrogen-bond donors (Lipinski definition) is 1. The summed E-state index contributed by atoms with van der Waals surface area (Å²) < 4.78 is 5.27. The lowest BCUT2D eigenvalue weighted by atomic mass is 9.81. The van der Waals surface area contributed by atoms with Crippen molar-refractivity contribution in [3.05, 3.63) is 24.2 Å². The molecular formula is C15H18N2O4. The van der Waals surface area contributed by atoms with E-state index in [9.17, 15) is 14.4 Å². The van der Waals surface area contributed by atoms with Gasteiger partial charge in [-0.2, -0.15) is 0 Å². The molecule has 0 radical (unpaired) electrons. The summed E-state index contributed by atoms with van der Waals surface area (Å²) in [6.07, 6.45) is 4.73. The molecule has 2 aliphatic rings. The molecule has 0 aromatic carbocycles. The minimum Gasteiger partial charge on any atom is -0.469 e. The molecule has 4 amide bonds. The lowest BCUT2D eigenvalue weighted by molar-refractivity contribution is -0.152. The van der Waals surface area contributed by atoms with Crippen LogP contribution in [0.15, 0.2) is 22.8 Å². The summed E-state index contributed by atoms with van der Waals surface area (Å²) in [6.45, 7) is 1.79. The van der Waals surface area contributed by atoms with Crippen molar-refractivity contribution in [2.75, 3.05) is 0 Å². The van der Waals surface area contributed by atoms with Crippen LogP contribution in [-0.2, 0) is 16.0 Å². The highest BCUT2D eigenvalue weighted by Gasteiger charge is 2.55. The molecule has 21 heavy (non-hydrogen) atoms. The third-order valence-corrected chi connectivity index (χ3v) is 4.48. The Morgan fingerprint density at radius 1 is 1.33 bits per heavy atom. The van der Waals surface area contributed by atoms with Gasteiger partial charge in [0, 0.05) is 12.5 Å². The first-order valence-corrected chi connectivity index (χ1v) is 7.26. The van der Waals surface area contributed by atoms with E-state index in [4.69, 9.17) is 4.42 Å². The van der Waals surface area contributed by atoms with Crippen LogP contribution in [-0.4, -0.2) is 28.8 Å². The van der Waals surface area contributed by atoms with E-state index >= 15 is 0 Å². The van der Waals surface area contributed by atoms with Gasteiger partial charge in [0.25, 0.3) is 0 Å². The topological polar surface area (TPSA) is 79.6 Å². The molecule has 1 saturated heterocycles. The molecule has 6 nitrogen and oxygen atoms in total. The van der Waals surface area contributed by atoms with E-state index in [2.05, 4.69) is 5.32 Å². The average molecular weight is 290 g/mol. The maximum Gasteiger partial charge on any atom is 0.331 e. The van der Waals surface area contributed by atoms with Crippen molar-refractivity contribution in [1.82, 2.24) is 10.2 Å². The van der Waals surface area contributed by atoms with E-state index in [-0.39, 0.29) is 11.9 Å². The van der Waals surface area contributed by atoms with Crippen molar-refractivity contribution in [2.45, 2.75) is 45.1 Å². The largest absolute Gasteiger partial charge is 0.469 e. The molecule has 1 aromatic heterocycles. The van der Waals surface area contributed by atoms with Gasteiger partial charge in [0.05, 0.1) is 6.26 Å². The molecular weight excluding hydrogens is 272 g/mol. The van der Waals surface area contributed by atoms with E-state index in [0.717, 1.165) is 12.8 Å². The molecule has 6 heteroatoms. The van der Waals surface area contributed by atoms with Crippen molar-refractivity contribution in [3.8, 4) is 0 Å². The van der Waals surface area contributed by atoms with Gasteiger partial charge in [0.1, 0.15) is 11.2 Å². The highest BCUT2D eigenvalue weighted by Crippen LogP contribution is 2.42. The van der Waals surface area contributed by atoms with Crippen LogP contribution in [0.25, 0.3) is 0 Å². The van der Waals surface area contributed by atoms with Crippen molar-refractivity contribution < 1.29 is 18.8 Å². The molecule has 1 spiro atoms. The molecule has 2 fully saturated rings. The molecule has 1 N–H and O–H groups in total. The monoisotopic (exact) mass is 290 g/mol. The molecule has 3 rings (SSSR count). The van der Waals surface area contributed by atoms with E-state index in [0.29, 0.717) is 25.0 Å². The lowest BCUT2D eigenvalue weighted by Gasteiger charge is -2.39. The minimum atomic E-state index is -1.04. The fourth-order valence-corrected chi connectivity index (χ4v) is 3.33. The van der Waals surface area contributed by atoms with Crippen LogP contribution >= 0.6 is 0 Å². The quantitative estimate of drug-likeness (QED) is 0.862. The molecule has 2 heterocycles. The van der Waals surface area contributed by atoms with Crippen molar-refractivity contribution >= 4 is 17.8 Å². The number of amides is 4. The predicted octanol–water partition coefficient (Wildman–Crippen LogP) is 1.85. The van der Waals surface area contributed by atoms with E-state index in [1.54, 1.807) is 25.3 Å². The Morgan fingerprint density at radius 3 is 2.67 bits per heavy atom. The molecule has 1 unspecified atom stereocenters. The molecule has 1 saturated carbocycles. The Balaban J connectivity index is 1.84. The van der Waals surface area contributed by atoms with Gasteiger partial charge in [-0.15, -0.1) is 0 Å². The first kappa shape index (κ1) is 13.9. The van der Waals surface area contributed by atoms with Crippen molar-refractivity contribution in [3.63, 3.8) is 0 Å². The molecule has 0 bridgehead atoms. The van der Waals surface area contributed by atoms with E-state index in [1.807, 2.05) is 0 Å². The van der Waals surface area contributed by atoms with Crippen molar-refractivity contribution in [2.24, 2.45) is 5.41 Å². The summed E-state index contributed by atoms with van der Waals surface area (Å²) in [5, 5.41) is 2.35. The minimum absolute atomic E-state index is 0.353. The fourth-order valence-electron chi connectivity index (χ4n) is 3.33. The van der Waals surface area contributed by atoms with Crippen LogP contribution < -0.4 is 5.32 Å². The maximum atomic E-state index is 12.8. The van der Waals surface area contributed by atoms with Crippen LogP contribution in [0, 0.1) is 5.41 Å². The van der Waals surface area contributed by atoms with Gasteiger partial charge >= 0.3 is 6.03 Å². The summed E-state index contributed by atoms with van der Waals surface area (Å²) in [5.41, 5.74) is -1.04. The smallest absolute Gasteiger partial charge is 0.331 e. The van der Waals surface area contributed by atoms with Crippen LogP contribution in [0.1, 0.15) is 38.4 Å². The standard InChI is InChI=1S/C15H18N2O4/c1-10(9-11-5-4-8-21-11)17-13(19)15(6-2-3-7-15)12(18)16-14(17)20/h4-5,8,10H,2-3,6-7,9H2,1H3,(H,16,18,20). The number of nitrogens with zero attached hydrogens (tertiary/aromatic N) is 1. The number of hydrogen-bond acceptors (Lipinski definition) is 4. The first-order chi connectivity index (χ1) is 10.0. The van der Waals surface area contributed by atoms with Crippen LogP contribution in [0.5, 0.6) is 0 Å². The lowest BCUT2D eigenvalue weighted by Crippen LogP contribution is -2.65. The Labute approximate surface area is 122 Å². The van der Waals surface area contributed by atoms with Gasteiger partial charge in [-0.25, -0.2) is 4.79 Å². The van der Waals surface area contributed by atoms with Gasteiger partial charge in [-0.3, -0.25) is 19.8 Å². The zero-order valence-corrected chi connectivity index (χ0v) is 11.9. The van der Waals surface area contributed by atoms with E-state index in [1.165, 1.54) is 4.90 Å². The summed E-state index contributed by atoms with van der Waals surface area (Å²) in [6, 6.07) is 2.59. The highest BCUT2D eigenvalue weighted by atomic mass is 16.3. The van der Waals surface area contributed by atoms with Crippen molar-refractivity contribution in [1.29, 1.82) is 0 Å². The van der Waals surface area contributed by atoms with E-state index < -0.39 is 17.4 Å². The third kappa shape index (κ3) is 2.14. The highest BCUT2D eigenvalue weighted by molar-refractivity contribution is 6.19. The summed E-state index contributed by atoms with van der Waals surface area (Å²) >= 11 is 0. The van der Waals surface area contributed by atoms with Gasteiger partial charge in [-0.05, 0) is 31.9 Å². The van der Waals surface area contributed by atoms with Crippen LogP contribution in [0.3, 0.4) is 0 Å². The second kappa shape index (κ2) is 5.02. The number of carbonyl (C=O) groups excluding carboxylic acids is 3. The number of urea groups is 1. The SMILES string of the molecule is CC(Cc1ccco1)N1C(=O)NC(=O)C2(CCCC2)C1=O. The first-order valence-electron chi connectivity index (χ1n) is 7.26. The summed E-state index contributed by atoms with van der Waals surface area (Å²) in [5.74, 6) is -0.0790. The van der Waals surface area contributed by atoms with Gasteiger partial charge in [-0.1, -0.05) is 12.8 Å².